The summed E-state index contributed by atoms with van der Waals surface area (Å²) in [6.45, 7) is 3.66. The second kappa shape index (κ2) is 6.39. The van der Waals surface area contributed by atoms with Crippen LogP contribution in [0.15, 0.2) is 28.7 Å². The van der Waals surface area contributed by atoms with Gasteiger partial charge >= 0.3 is 6.03 Å². The summed E-state index contributed by atoms with van der Waals surface area (Å²) >= 11 is 3.38. The van der Waals surface area contributed by atoms with Crippen LogP contribution in [0, 0.1) is 5.92 Å². The van der Waals surface area contributed by atoms with E-state index in [4.69, 9.17) is 0 Å². The molecule has 0 bridgehead atoms. The number of halogens is 1. The maximum Gasteiger partial charge on any atom is 0.317 e. The molecule has 1 heterocycles. The number of urea groups is 1. The third kappa shape index (κ3) is 3.94. The minimum absolute atomic E-state index is 0.103. The molecule has 1 fully saturated rings. The molecule has 0 saturated carbocycles. The van der Waals surface area contributed by atoms with E-state index in [2.05, 4.69) is 21.2 Å². The number of carbonyl (C=O) groups is 1. The Morgan fingerprint density at radius 1 is 1.47 bits per heavy atom. The van der Waals surface area contributed by atoms with Gasteiger partial charge in [0.1, 0.15) is 0 Å². The molecule has 2 N–H and O–H groups in total. The number of hydrogen-bond donors (Lipinski definition) is 2. The average molecular weight is 327 g/mol. The van der Waals surface area contributed by atoms with E-state index in [9.17, 15) is 9.90 Å². The lowest BCUT2D eigenvalue weighted by molar-refractivity contribution is 0.0435. The third-order valence-corrected chi connectivity index (χ3v) is 4.09. The van der Waals surface area contributed by atoms with Gasteiger partial charge in [0.05, 0.1) is 6.10 Å². The first-order chi connectivity index (χ1) is 9.06. The Kier molecular flexibility index (Phi) is 4.82. The van der Waals surface area contributed by atoms with Crippen LogP contribution in [0.5, 0.6) is 0 Å². The first-order valence-corrected chi connectivity index (χ1v) is 7.31. The number of aliphatic hydroxyl groups is 1. The highest BCUT2D eigenvalue weighted by Crippen LogP contribution is 2.17. The highest BCUT2D eigenvalue weighted by molar-refractivity contribution is 9.10. The fourth-order valence-electron chi connectivity index (χ4n) is 2.13. The molecular weight excluding hydrogens is 308 g/mol. The fraction of sp³-hybridized carbons (Fsp3) is 0.500. The van der Waals surface area contributed by atoms with Gasteiger partial charge in [0, 0.05) is 24.1 Å². The summed E-state index contributed by atoms with van der Waals surface area (Å²) < 4.78 is 1.02. The monoisotopic (exact) mass is 326 g/mol. The summed E-state index contributed by atoms with van der Waals surface area (Å²) in [5.74, 6) is 0.274. The Balaban J connectivity index is 1.83. The number of carbonyl (C=O) groups excluding carboxylic acids is 1. The maximum atomic E-state index is 12.0. The number of nitrogens with zero attached hydrogens (tertiary/aromatic N) is 1. The van der Waals surface area contributed by atoms with Gasteiger partial charge in [0.2, 0.25) is 0 Å². The van der Waals surface area contributed by atoms with Gasteiger partial charge in [-0.25, -0.2) is 4.79 Å². The zero-order valence-electron chi connectivity index (χ0n) is 11.0. The van der Waals surface area contributed by atoms with Crippen LogP contribution in [0.1, 0.15) is 18.9 Å². The van der Waals surface area contributed by atoms with E-state index in [0.717, 1.165) is 16.5 Å². The van der Waals surface area contributed by atoms with Gasteiger partial charge in [-0.05, 0) is 30.0 Å². The van der Waals surface area contributed by atoms with Crippen LogP contribution in [-0.4, -0.2) is 35.2 Å². The highest BCUT2D eigenvalue weighted by atomic mass is 79.9. The zero-order valence-corrected chi connectivity index (χ0v) is 12.6. The molecule has 19 heavy (non-hydrogen) atoms. The number of rotatable bonds is 2. The quantitative estimate of drug-likeness (QED) is 0.876. The standard InChI is InChI=1S/C14H19BrN2O2/c1-10-6-7-17(9-13(10)18)14(19)16-8-11-2-4-12(15)5-3-11/h2-5,10,13,18H,6-9H2,1H3,(H,16,19)/t10-,13-/m0/s1. The molecule has 1 aromatic carbocycles. The minimum atomic E-state index is -0.410. The smallest absolute Gasteiger partial charge is 0.317 e. The normalized spacial score (nSPS) is 23.2. The minimum Gasteiger partial charge on any atom is -0.391 e. The second-order valence-electron chi connectivity index (χ2n) is 5.06. The van der Waals surface area contributed by atoms with Gasteiger partial charge in [0.25, 0.3) is 0 Å². The third-order valence-electron chi connectivity index (χ3n) is 3.56. The van der Waals surface area contributed by atoms with E-state index in [0.29, 0.717) is 19.6 Å². The number of benzene rings is 1. The molecular formula is C14H19BrN2O2. The summed E-state index contributed by atoms with van der Waals surface area (Å²) in [6.07, 6.45) is 0.444. The van der Waals surface area contributed by atoms with E-state index in [1.165, 1.54) is 0 Å². The van der Waals surface area contributed by atoms with Crippen molar-refractivity contribution in [3.8, 4) is 0 Å². The number of β-amino-alcohol motifs (C(OH)–C–C–N with tert-alkyl or cyclic N) is 1. The van der Waals surface area contributed by atoms with Gasteiger partial charge in [-0.1, -0.05) is 35.0 Å². The van der Waals surface area contributed by atoms with Gasteiger partial charge < -0.3 is 15.3 Å². The van der Waals surface area contributed by atoms with Crippen molar-refractivity contribution in [2.45, 2.75) is 26.0 Å². The largest absolute Gasteiger partial charge is 0.391 e. The van der Waals surface area contributed by atoms with E-state index in [-0.39, 0.29) is 11.9 Å². The molecule has 4 nitrogen and oxygen atoms in total. The van der Waals surface area contributed by atoms with Crippen LogP contribution in [-0.2, 0) is 6.54 Å². The molecule has 1 aliphatic rings. The lowest BCUT2D eigenvalue weighted by Crippen LogP contribution is -2.49. The summed E-state index contributed by atoms with van der Waals surface area (Å²) in [5, 5.41) is 12.7. The van der Waals surface area contributed by atoms with Crippen molar-refractivity contribution in [1.29, 1.82) is 0 Å². The molecule has 104 valence electrons. The van der Waals surface area contributed by atoms with Crippen molar-refractivity contribution >= 4 is 22.0 Å². The lowest BCUT2D eigenvalue weighted by Gasteiger charge is -2.34. The molecule has 1 aromatic rings. The maximum absolute atomic E-state index is 12.0. The summed E-state index contributed by atoms with van der Waals surface area (Å²) in [6, 6.07) is 7.74. The van der Waals surface area contributed by atoms with Crippen LogP contribution >= 0.6 is 15.9 Å². The number of amides is 2. The summed E-state index contributed by atoms with van der Waals surface area (Å²) in [7, 11) is 0. The van der Waals surface area contributed by atoms with Crippen molar-refractivity contribution in [3.05, 3.63) is 34.3 Å². The topological polar surface area (TPSA) is 52.6 Å². The molecule has 1 aliphatic heterocycles. The molecule has 0 radical (unpaired) electrons. The molecule has 0 spiro atoms. The van der Waals surface area contributed by atoms with E-state index < -0.39 is 6.10 Å². The highest BCUT2D eigenvalue weighted by Gasteiger charge is 2.26. The van der Waals surface area contributed by atoms with Crippen LogP contribution in [0.4, 0.5) is 4.79 Å². The Morgan fingerprint density at radius 3 is 2.79 bits per heavy atom. The predicted octanol–water partition coefficient (Wildman–Crippen LogP) is 2.36. The average Bonchev–Trinajstić information content (AvgIpc) is 2.41. The van der Waals surface area contributed by atoms with Gasteiger partial charge in [-0.15, -0.1) is 0 Å². The second-order valence-corrected chi connectivity index (χ2v) is 5.98. The van der Waals surface area contributed by atoms with Crippen LogP contribution < -0.4 is 5.32 Å². The number of likely N-dealkylation sites (tertiary alicyclic amines) is 1. The van der Waals surface area contributed by atoms with Crippen molar-refractivity contribution in [1.82, 2.24) is 10.2 Å². The molecule has 2 rings (SSSR count). The number of piperidine rings is 1. The molecule has 0 unspecified atom stereocenters. The number of aliphatic hydroxyl groups excluding tert-OH is 1. The molecule has 0 aromatic heterocycles. The lowest BCUT2D eigenvalue weighted by atomic mass is 9.96. The fourth-order valence-corrected chi connectivity index (χ4v) is 2.39. The van der Waals surface area contributed by atoms with E-state index in [1.54, 1.807) is 4.90 Å². The van der Waals surface area contributed by atoms with Gasteiger partial charge in [0.15, 0.2) is 0 Å². The van der Waals surface area contributed by atoms with Crippen LogP contribution in [0.25, 0.3) is 0 Å². The Hall–Kier alpha value is -1.07. The first kappa shape index (κ1) is 14.3. The van der Waals surface area contributed by atoms with Crippen molar-refractivity contribution < 1.29 is 9.90 Å². The SMILES string of the molecule is C[C@H]1CCN(C(=O)NCc2ccc(Br)cc2)C[C@@H]1O. The molecule has 5 heteroatoms. The number of hydrogen-bond acceptors (Lipinski definition) is 2. The van der Waals surface area contributed by atoms with Crippen molar-refractivity contribution in [3.63, 3.8) is 0 Å². The van der Waals surface area contributed by atoms with E-state index >= 15 is 0 Å². The van der Waals surface area contributed by atoms with Crippen molar-refractivity contribution in [2.75, 3.05) is 13.1 Å². The molecule has 0 aliphatic carbocycles. The van der Waals surface area contributed by atoms with Gasteiger partial charge in [-0.3, -0.25) is 0 Å². The van der Waals surface area contributed by atoms with Crippen molar-refractivity contribution in [2.24, 2.45) is 5.92 Å². The molecule has 1 saturated heterocycles. The number of nitrogens with one attached hydrogen (secondary N) is 1. The summed E-state index contributed by atoms with van der Waals surface area (Å²) in [5.41, 5.74) is 1.06. The van der Waals surface area contributed by atoms with E-state index in [1.807, 2.05) is 31.2 Å². The summed E-state index contributed by atoms with van der Waals surface area (Å²) in [4.78, 5) is 13.7. The Labute approximate surface area is 121 Å². The first-order valence-electron chi connectivity index (χ1n) is 6.51. The predicted molar refractivity (Wildman–Crippen MR) is 77.7 cm³/mol. The van der Waals surface area contributed by atoms with Crippen LogP contribution in [0.3, 0.4) is 0 Å². The Morgan fingerprint density at radius 2 is 2.16 bits per heavy atom. The Bertz CT molecular complexity index is 436. The van der Waals surface area contributed by atoms with Crippen LogP contribution in [0.2, 0.25) is 0 Å². The molecule has 2 atom stereocenters. The zero-order chi connectivity index (χ0) is 13.8. The van der Waals surface area contributed by atoms with Gasteiger partial charge in [-0.2, -0.15) is 0 Å². The molecule has 2 amide bonds.